The Balaban J connectivity index is 1.99. The molecule has 0 unspecified atom stereocenters. The van der Waals surface area contributed by atoms with Crippen LogP contribution >= 0.6 is 11.6 Å². The third-order valence-electron chi connectivity index (χ3n) is 5.40. The average Bonchev–Trinajstić information content (AvgIpc) is 3.23. The molecule has 1 aromatic carbocycles. The van der Waals surface area contributed by atoms with Crippen LogP contribution in [0.15, 0.2) is 54.9 Å². The molecule has 3 aromatic rings. The first kappa shape index (κ1) is 22.7. The second kappa shape index (κ2) is 8.83. The van der Waals surface area contributed by atoms with Gasteiger partial charge in [-0.25, -0.2) is 4.68 Å². The molecule has 0 fully saturated rings. The van der Waals surface area contributed by atoms with E-state index in [1.807, 2.05) is 33.8 Å². The second-order valence-corrected chi connectivity index (χ2v) is 9.17. The summed E-state index contributed by atoms with van der Waals surface area (Å²) in [6.45, 7) is 7.94. The maximum atomic E-state index is 13.7. The van der Waals surface area contributed by atoms with Crippen LogP contribution in [0.1, 0.15) is 44.9 Å². The Kier molecular flexibility index (Phi) is 6.08. The van der Waals surface area contributed by atoms with Crippen LogP contribution in [0, 0.1) is 5.92 Å². The maximum Gasteiger partial charge on any atom is 0.326 e. The van der Waals surface area contributed by atoms with Crippen LogP contribution in [0.3, 0.4) is 0 Å². The molecule has 1 aliphatic rings. The molecule has 7 nitrogen and oxygen atoms in total. The highest BCUT2D eigenvalue weighted by Gasteiger charge is 2.46. The van der Waals surface area contributed by atoms with E-state index < -0.39 is 17.7 Å². The van der Waals surface area contributed by atoms with E-state index in [1.165, 1.54) is 9.58 Å². The summed E-state index contributed by atoms with van der Waals surface area (Å²) in [5.41, 5.74) is 1.41. The van der Waals surface area contributed by atoms with Crippen molar-refractivity contribution >= 4 is 34.7 Å². The van der Waals surface area contributed by atoms with Gasteiger partial charge in [0.1, 0.15) is 5.57 Å². The van der Waals surface area contributed by atoms with Gasteiger partial charge in [-0.15, -0.1) is 0 Å². The molecular weight excluding hydrogens is 440 g/mol. The lowest BCUT2D eigenvalue weighted by Gasteiger charge is -2.17. The van der Waals surface area contributed by atoms with Crippen LogP contribution in [-0.2, 0) is 9.59 Å². The minimum atomic E-state index is -0.477. The van der Waals surface area contributed by atoms with E-state index in [2.05, 4.69) is 5.10 Å². The van der Waals surface area contributed by atoms with Gasteiger partial charge < -0.3 is 5.11 Å². The number of amides is 2. The predicted octanol–water partition coefficient (Wildman–Crippen LogP) is 3.40. The van der Waals surface area contributed by atoms with Gasteiger partial charge in [-0.1, -0.05) is 45.4 Å². The number of carbonyl (C=O) groups is 2. The largest absolute Gasteiger partial charge is 0.858 e. The number of imide groups is 1. The molecule has 0 atom stereocenters. The summed E-state index contributed by atoms with van der Waals surface area (Å²) in [6.07, 6.45) is 3.39. The quantitative estimate of drug-likeness (QED) is 0.413. The van der Waals surface area contributed by atoms with Crippen molar-refractivity contribution in [2.75, 3.05) is 6.54 Å². The number of aromatic nitrogens is 3. The Bertz CT molecular complexity index is 1240. The SMILES string of the molecule is CC(C)CN1C(=O)C(c2c(C(C)C)nn(-c3ccc(Cl)cc3)c2[O-])=C([n+]2ccccc2)C1=O. The lowest BCUT2D eigenvalue weighted by molar-refractivity contribution is -0.576. The lowest BCUT2D eigenvalue weighted by Crippen LogP contribution is -2.40. The number of hydrogen-bond donors (Lipinski definition) is 0. The van der Waals surface area contributed by atoms with Gasteiger partial charge in [-0.05, 0) is 42.0 Å². The molecule has 170 valence electrons. The van der Waals surface area contributed by atoms with Gasteiger partial charge in [-0.2, -0.15) is 9.67 Å². The maximum absolute atomic E-state index is 13.7. The zero-order valence-electron chi connectivity index (χ0n) is 18.9. The van der Waals surface area contributed by atoms with Crippen LogP contribution in [0.4, 0.5) is 0 Å². The summed E-state index contributed by atoms with van der Waals surface area (Å²) in [6, 6.07) is 12.1. The van der Waals surface area contributed by atoms with Crippen molar-refractivity contribution in [2.45, 2.75) is 33.6 Å². The molecule has 2 amide bonds. The molecular formula is C25H25ClN4O3. The van der Waals surface area contributed by atoms with Crippen molar-refractivity contribution in [3.8, 4) is 11.6 Å². The number of pyridine rings is 1. The van der Waals surface area contributed by atoms with Crippen molar-refractivity contribution in [3.05, 3.63) is 71.1 Å². The zero-order chi connectivity index (χ0) is 23.9. The summed E-state index contributed by atoms with van der Waals surface area (Å²) in [5.74, 6) is -1.43. The van der Waals surface area contributed by atoms with Gasteiger partial charge in [-0.3, -0.25) is 14.5 Å². The summed E-state index contributed by atoms with van der Waals surface area (Å²) in [5, 5.41) is 18.8. The van der Waals surface area contributed by atoms with Crippen LogP contribution in [0.2, 0.25) is 5.02 Å². The smallest absolute Gasteiger partial charge is 0.326 e. The number of nitrogens with zero attached hydrogens (tertiary/aromatic N) is 4. The highest BCUT2D eigenvalue weighted by Crippen LogP contribution is 2.39. The topological polar surface area (TPSA) is 82.1 Å². The number of benzene rings is 1. The van der Waals surface area contributed by atoms with Crippen LogP contribution in [0.25, 0.3) is 17.0 Å². The standard InChI is InChI=1S/C25H25ClN4O3/c1-15(2)14-29-23(31)20(22(25(29)33)28-12-6-5-7-13-28)19-21(16(3)4)27-30(24(19)32)18-10-8-17(26)9-11-18/h5-13,15-16H,14H2,1-4H3. The van der Waals surface area contributed by atoms with Gasteiger partial charge in [0, 0.05) is 29.3 Å². The Labute approximate surface area is 197 Å². The van der Waals surface area contributed by atoms with E-state index in [0.29, 0.717) is 16.4 Å². The van der Waals surface area contributed by atoms with E-state index in [0.717, 1.165) is 0 Å². The molecule has 0 aliphatic carbocycles. The van der Waals surface area contributed by atoms with Crippen LogP contribution < -0.4 is 9.67 Å². The van der Waals surface area contributed by atoms with E-state index >= 15 is 0 Å². The third-order valence-corrected chi connectivity index (χ3v) is 5.66. The number of carbonyl (C=O) groups excluding carboxylic acids is 2. The fourth-order valence-electron chi connectivity index (χ4n) is 3.92. The van der Waals surface area contributed by atoms with Gasteiger partial charge in [0.2, 0.25) is 0 Å². The Hall–Kier alpha value is -3.45. The van der Waals surface area contributed by atoms with Crippen molar-refractivity contribution in [2.24, 2.45) is 5.92 Å². The van der Waals surface area contributed by atoms with Crippen molar-refractivity contribution in [3.63, 3.8) is 0 Å². The Morgan fingerprint density at radius 2 is 1.64 bits per heavy atom. The molecule has 0 bridgehead atoms. The summed E-state index contributed by atoms with van der Waals surface area (Å²) in [4.78, 5) is 28.2. The molecule has 33 heavy (non-hydrogen) atoms. The normalized spacial score (nSPS) is 14.3. The molecule has 0 saturated heterocycles. The van der Waals surface area contributed by atoms with Gasteiger partial charge in [0.05, 0.1) is 11.4 Å². The monoisotopic (exact) mass is 464 g/mol. The average molecular weight is 465 g/mol. The number of rotatable bonds is 6. The van der Waals surface area contributed by atoms with E-state index in [9.17, 15) is 14.7 Å². The first-order valence-electron chi connectivity index (χ1n) is 10.8. The number of halogens is 1. The molecule has 0 spiro atoms. The van der Waals surface area contributed by atoms with Crippen molar-refractivity contribution < 1.29 is 19.3 Å². The molecule has 4 rings (SSSR count). The molecule has 1 aliphatic heterocycles. The van der Waals surface area contributed by atoms with Gasteiger partial charge in [0.15, 0.2) is 12.4 Å². The molecule has 2 aromatic heterocycles. The molecule has 0 N–H and O–H groups in total. The zero-order valence-corrected chi connectivity index (χ0v) is 19.7. The number of hydrogen-bond acceptors (Lipinski definition) is 4. The lowest BCUT2D eigenvalue weighted by atomic mass is 9.98. The third kappa shape index (κ3) is 4.04. The first-order valence-corrected chi connectivity index (χ1v) is 11.2. The first-order chi connectivity index (χ1) is 15.7. The van der Waals surface area contributed by atoms with E-state index in [-0.39, 0.29) is 35.2 Å². The Morgan fingerprint density at radius 3 is 2.21 bits per heavy atom. The Morgan fingerprint density at radius 1 is 1.00 bits per heavy atom. The van der Waals surface area contributed by atoms with E-state index in [1.54, 1.807) is 53.4 Å². The minimum Gasteiger partial charge on any atom is -0.858 e. The molecule has 0 saturated carbocycles. The fraction of sp³-hybridized carbons (Fsp3) is 0.280. The molecule has 3 heterocycles. The fourth-order valence-corrected chi connectivity index (χ4v) is 4.05. The van der Waals surface area contributed by atoms with Gasteiger partial charge in [0.25, 0.3) is 11.6 Å². The van der Waals surface area contributed by atoms with Crippen LogP contribution in [-0.4, -0.2) is 33.0 Å². The molecule has 8 heteroatoms. The predicted molar refractivity (Wildman–Crippen MR) is 123 cm³/mol. The summed E-state index contributed by atoms with van der Waals surface area (Å²) in [7, 11) is 0. The van der Waals surface area contributed by atoms with Crippen LogP contribution in [0.5, 0.6) is 5.88 Å². The van der Waals surface area contributed by atoms with E-state index in [4.69, 9.17) is 11.6 Å². The highest BCUT2D eigenvalue weighted by molar-refractivity contribution is 6.45. The summed E-state index contributed by atoms with van der Waals surface area (Å²) >= 11 is 6.00. The highest BCUT2D eigenvalue weighted by atomic mass is 35.5. The van der Waals surface area contributed by atoms with Crippen molar-refractivity contribution in [1.82, 2.24) is 14.7 Å². The van der Waals surface area contributed by atoms with Gasteiger partial charge >= 0.3 is 5.91 Å². The summed E-state index contributed by atoms with van der Waals surface area (Å²) < 4.78 is 2.86. The van der Waals surface area contributed by atoms with Crippen molar-refractivity contribution in [1.29, 1.82) is 0 Å². The minimum absolute atomic E-state index is 0.0763. The second-order valence-electron chi connectivity index (χ2n) is 8.73. The molecule has 0 radical (unpaired) electrons.